The second kappa shape index (κ2) is 7.38. The number of aliphatic carboxylic acids is 3. The van der Waals surface area contributed by atoms with Crippen LogP contribution in [0.25, 0.3) is 0 Å². The molecule has 1 heterocycles. The minimum absolute atomic E-state index is 0.477. The number of hydrogen-bond donors (Lipinski definition) is 3. The van der Waals surface area contributed by atoms with E-state index in [2.05, 4.69) is 0 Å². The van der Waals surface area contributed by atoms with E-state index >= 15 is 0 Å². The van der Waals surface area contributed by atoms with E-state index < -0.39 is 53.7 Å². The Morgan fingerprint density at radius 2 is 1.67 bits per heavy atom. The zero-order valence-corrected chi connectivity index (χ0v) is 13.1. The van der Waals surface area contributed by atoms with Crippen LogP contribution in [0, 0.1) is 0 Å². The van der Waals surface area contributed by atoms with Crippen LogP contribution in [0.15, 0.2) is 11.8 Å². The molecule has 134 valence electrons. The molecule has 0 fully saturated rings. The number of carbonyl (C=O) groups excluding carboxylic acids is 1. The van der Waals surface area contributed by atoms with Crippen molar-refractivity contribution in [1.82, 2.24) is 4.90 Å². The molecule has 1 unspecified atom stereocenters. The van der Waals surface area contributed by atoms with Crippen molar-refractivity contribution in [2.75, 3.05) is 27.9 Å². The Kier molecular flexibility index (Phi) is 6.01. The van der Waals surface area contributed by atoms with E-state index in [1.54, 1.807) is 0 Å². The fourth-order valence-corrected chi connectivity index (χ4v) is 2.41. The maximum atomic E-state index is 12.2. The van der Waals surface area contributed by atoms with Crippen molar-refractivity contribution in [1.29, 1.82) is 0 Å². The molecule has 0 bridgehead atoms. The van der Waals surface area contributed by atoms with Gasteiger partial charge in [0.1, 0.15) is 5.57 Å². The number of Topliss-reactive ketones (excluding diaryl/α,β-unsaturated/α-hetero) is 1. The van der Waals surface area contributed by atoms with Crippen LogP contribution in [0.1, 0.15) is 0 Å². The minimum Gasteiger partial charge on any atom is -0.479 e. The first-order valence-corrected chi connectivity index (χ1v) is 6.49. The van der Waals surface area contributed by atoms with Gasteiger partial charge in [-0.15, -0.1) is 0 Å². The summed E-state index contributed by atoms with van der Waals surface area (Å²) in [7, 11) is 3.36. The van der Waals surface area contributed by atoms with E-state index in [1.165, 1.54) is 14.2 Å². The molecule has 0 aromatic heterocycles. The second-order valence-corrected chi connectivity index (χ2v) is 4.76. The number of carboxylic acid groups (broad SMARTS) is 3. The molecule has 24 heavy (non-hydrogen) atoms. The van der Waals surface area contributed by atoms with E-state index in [0.717, 1.165) is 7.11 Å². The van der Waals surface area contributed by atoms with Gasteiger partial charge in [0.15, 0.2) is 12.4 Å². The summed E-state index contributed by atoms with van der Waals surface area (Å²) in [4.78, 5) is 47.6. The van der Waals surface area contributed by atoms with Gasteiger partial charge in [-0.05, 0) is 0 Å². The van der Waals surface area contributed by atoms with Crippen LogP contribution in [-0.2, 0) is 33.4 Å². The fourth-order valence-electron chi connectivity index (χ4n) is 2.41. The van der Waals surface area contributed by atoms with Crippen molar-refractivity contribution in [3.63, 3.8) is 0 Å². The molecule has 0 spiro atoms. The van der Waals surface area contributed by atoms with Crippen LogP contribution in [0.3, 0.4) is 0 Å². The van der Waals surface area contributed by atoms with Gasteiger partial charge in [-0.1, -0.05) is 0 Å². The van der Waals surface area contributed by atoms with Crippen molar-refractivity contribution in [2.24, 2.45) is 0 Å². The molecule has 0 saturated heterocycles. The molecule has 1 rings (SSSR count). The SMILES string of the molecule is COC(CN1C=C(C(=O)O)C(=O)C(OC)C1(C(=O)O)C(=O)O)OC. The number of ether oxygens (including phenoxy) is 3. The van der Waals surface area contributed by atoms with E-state index in [-0.39, 0.29) is 0 Å². The average Bonchev–Trinajstić information content (AvgIpc) is 2.51. The van der Waals surface area contributed by atoms with Crippen molar-refractivity contribution in [3.05, 3.63) is 11.8 Å². The summed E-state index contributed by atoms with van der Waals surface area (Å²) in [5, 5.41) is 28.1. The second-order valence-electron chi connectivity index (χ2n) is 4.76. The largest absolute Gasteiger partial charge is 0.479 e. The normalized spacial score (nSPS) is 20.0. The highest BCUT2D eigenvalue weighted by Crippen LogP contribution is 2.32. The summed E-state index contributed by atoms with van der Waals surface area (Å²) in [5.74, 6) is -6.72. The smallest absolute Gasteiger partial charge is 0.344 e. The van der Waals surface area contributed by atoms with Crippen LogP contribution >= 0.6 is 0 Å². The molecule has 1 aliphatic heterocycles. The molecule has 0 amide bonds. The highest BCUT2D eigenvalue weighted by atomic mass is 16.7. The first-order chi connectivity index (χ1) is 11.2. The van der Waals surface area contributed by atoms with Gasteiger partial charge in [0.25, 0.3) is 5.54 Å². The molecular weight excluding hydrogens is 330 g/mol. The number of ketones is 1. The van der Waals surface area contributed by atoms with Crippen LogP contribution in [0.4, 0.5) is 0 Å². The van der Waals surface area contributed by atoms with Crippen LogP contribution in [0.2, 0.25) is 0 Å². The standard InChI is InChI=1S/C13H17NO10/c1-22-7(23-2)5-14-4-6(10(16)17)8(15)9(24-3)13(14,11(18)19)12(20)21/h4,7,9H,5H2,1-3H3,(H,16,17)(H,18,19)(H,20,21). The zero-order valence-electron chi connectivity index (χ0n) is 13.1. The Labute approximate surface area is 136 Å². The number of rotatable bonds is 8. The van der Waals surface area contributed by atoms with E-state index in [1.807, 2.05) is 0 Å². The predicted molar refractivity (Wildman–Crippen MR) is 74.0 cm³/mol. The zero-order chi connectivity index (χ0) is 18.7. The minimum atomic E-state index is -2.87. The molecule has 0 aliphatic carbocycles. The van der Waals surface area contributed by atoms with Gasteiger partial charge in [0.2, 0.25) is 5.78 Å². The Morgan fingerprint density at radius 3 is 2.00 bits per heavy atom. The van der Waals surface area contributed by atoms with Crippen LogP contribution in [0.5, 0.6) is 0 Å². The predicted octanol–water partition coefficient (Wildman–Crippen LogP) is -1.62. The summed E-state index contributed by atoms with van der Waals surface area (Å²) in [6.07, 6.45) is -2.52. The lowest BCUT2D eigenvalue weighted by atomic mass is 9.82. The van der Waals surface area contributed by atoms with Crippen LogP contribution < -0.4 is 0 Å². The quantitative estimate of drug-likeness (QED) is 0.263. The number of hydrogen-bond acceptors (Lipinski definition) is 8. The van der Waals surface area contributed by atoms with Crippen molar-refractivity contribution < 1.29 is 48.7 Å². The highest BCUT2D eigenvalue weighted by molar-refractivity contribution is 6.23. The van der Waals surface area contributed by atoms with E-state index in [9.17, 15) is 29.4 Å². The van der Waals surface area contributed by atoms with E-state index in [0.29, 0.717) is 11.1 Å². The first kappa shape index (κ1) is 19.5. The third-order valence-electron chi connectivity index (χ3n) is 3.61. The van der Waals surface area contributed by atoms with Gasteiger partial charge in [-0.3, -0.25) is 4.79 Å². The first-order valence-electron chi connectivity index (χ1n) is 6.49. The fraction of sp³-hybridized carbons (Fsp3) is 0.538. The Balaban J connectivity index is 3.63. The molecule has 0 saturated carbocycles. The lowest BCUT2D eigenvalue weighted by molar-refractivity contribution is -0.188. The summed E-state index contributed by atoms with van der Waals surface area (Å²) in [6, 6.07) is 0. The van der Waals surface area contributed by atoms with Crippen molar-refractivity contribution in [2.45, 2.75) is 17.9 Å². The number of methoxy groups -OCH3 is 3. The van der Waals surface area contributed by atoms with Crippen LogP contribution in [-0.4, -0.2) is 89.7 Å². The molecule has 0 radical (unpaired) electrons. The summed E-state index contributed by atoms with van der Waals surface area (Å²) in [6.45, 7) is -0.477. The molecule has 0 aromatic carbocycles. The topological polar surface area (TPSA) is 160 Å². The molecule has 1 atom stereocenters. The third kappa shape index (κ3) is 2.96. The molecule has 11 nitrogen and oxygen atoms in total. The Hall–Kier alpha value is -2.50. The van der Waals surface area contributed by atoms with Gasteiger partial charge in [-0.25, -0.2) is 14.4 Å². The molecule has 0 aromatic rings. The molecule has 3 N–H and O–H groups in total. The van der Waals surface area contributed by atoms with Crippen molar-refractivity contribution in [3.8, 4) is 0 Å². The molecule has 1 aliphatic rings. The maximum Gasteiger partial charge on any atom is 0.344 e. The number of nitrogens with zero attached hydrogens (tertiary/aromatic N) is 1. The van der Waals surface area contributed by atoms with Gasteiger partial charge in [0, 0.05) is 27.5 Å². The summed E-state index contributed by atoms with van der Waals surface area (Å²) >= 11 is 0. The highest BCUT2D eigenvalue weighted by Gasteiger charge is 2.64. The lowest BCUT2D eigenvalue weighted by Gasteiger charge is -2.44. The van der Waals surface area contributed by atoms with Gasteiger partial charge >= 0.3 is 17.9 Å². The number of carbonyl (C=O) groups is 4. The van der Waals surface area contributed by atoms with E-state index in [4.69, 9.17) is 19.3 Å². The third-order valence-corrected chi connectivity index (χ3v) is 3.61. The maximum absolute atomic E-state index is 12.2. The van der Waals surface area contributed by atoms with Gasteiger partial charge in [-0.2, -0.15) is 0 Å². The monoisotopic (exact) mass is 347 g/mol. The number of carboxylic acids is 3. The molecular formula is C13H17NO10. The van der Waals surface area contributed by atoms with Gasteiger partial charge in [0.05, 0.1) is 6.54 Å². The summed E-state index contributed by atoms with van der Waals surface area (Å²) < 4.78 is 14.6. The summed E-state index contributed by atoms with van der Waals surface area (Å²) in [5.41, 5.74) is -3.69. The Morgan fingerprint density at radius 1 is 1.17 bits per heavy atom. The van der Waals surface area contributed by atoms with Crippen molar-refractivity contribution >= 4 is 23.7 Å². The van der Waals surface area contributed by atoms with Gasteiger partial charge < -0.3 is 34.4 Å². The molecule has 11 heteroatoms. The lowest BCUT2D eigenvalue weighted by Crippen LogP contribution is -2.71. The average molecular weight is 347 g/mol. The Bertz CT molecular complexity index is 565.